The molecule has 0 aromatic heterocycles. The van der Waals surface area contributed by atoms with Crippen LogP contribution in [0, 0.1) is 0 Å². The maximum Gasteiger partial charge on any atom is 0.0648 e. The van der Waals surface area contributed by atoms with Crippen molar-refractivity contribution in [3.05, 3.63) is 12.3 Å². The quantitative estimate of drug-likeness (QED) is 0.643. The zero-order valence-corrected chi connectivity index (χ0v) is 8.98. The summed E-state index contributed by atoms with van der Waals surface area (Å²) in [4.78, 5) is 2.09. The Balaban J connectivity index is 3.51. The van der Waals surface area contributed by atoms with E-state index in [1.54, 1.807) is 0 Å². The minimum Gasteiger partial charge on any atom is -0.376 e. The van der Waals surface area contributed by atoms with Crippen molar-refractivity contribution in [1.29, 1.82) is 0 Å². The van der Waals surface area contributed by atoms with Gasteiger partial charge < -0.3 is 9.64 Å². The molecular formula is C10H21NO. The first-order valence-corrected chi connectivity index (χ1v) is 4.33. The highest BCUT2D eigenvalue weighted by Crippen LogP contribution is 2.06. The highest BCUT2D eigenvalue weighted by atomic mass is 16.5. The summed E-state index contributed by atoms with van der Waals surface area (Å²) >= 11 is 0. The molecule has 0 radical (unpaired) electrons. The van der Waals surface area contributed by atoms with Gasteiger partial charge in [0.25, 0.3) is 0 Å². The standard InChI is InChI=1S/C10H21NO/c1-9(2)11(6)7-8-12-10(3,4)5/h1,7-8H2,2-6H3. The van der Waals surface area contributed by atoms with Crippen molar-refractivity contribution in [2.45, 2.75) is 33.3 Å². The average Bonchev–Trinajstić information content (AvgIpc) is 1.84. The number of ether oxygens (including phenoxy) is 1. The summed E-state index contributed by atoms with van der Waals surface area (Å²) in [7, 11) is 2.02. The van der Waals surface area contributed by atoms with E-state index in [2.05, 4.69) is 32.3 Å². The molecule has 0 unspecified atom stereocenters. The first kappa shape index (κ1) is 11.5. The molecule has 0 saturated carbocycles. The van der Waals surface area contributed by atoms with E-state index < -0.39 is 0 Å². The van der Waals surface area contributed by atoms with Crippen LogP contribution in [0.3, 0.4) is 0 Å². The molecule has 0 bridgehead atoms. The minimum absolute atomic E-state index is 0.0318. The predicted octanol–water partition coefficient (Wildman–Crippen LogP) is 2.27. The van der Waals surface area contributed by atoms with E-state index in [-0.39, 0.29) is 5.60 Å². The largest absolute Gasteiger partial charge is 0.376 e. The number of hydrogen-bond donors (Lipinski definition) is 0. The first-order valence-electron chi connectivity index (χ1n) is 4.33. The van der Waals surface area contributed by atoms with Crippen LogP contribution in [-0.4, -0.2) is 30.7 Å². The SMILES string of the molecule is C=C(C)N(C)CCOC(C)(C)C. The lowest BCUT2D eigenvalue weighted by Crippen LogP contribution is -2.27. The molecule has 2 nitrogen and oxygen atoms in total. The van der Waals surface area contributed by atoms with E-state index in [1.165, 1.54) is 0 Å². The molecule has 0 saturated heterocycles. The van der Waals surface area contributed by atoms with Crippen LogP contribution in [0.4, 0.5) is 0 Å². The molecule has 0 rings (SSSR count). The molecular weight excluding hydrogens is 150 g/mol. The van der Waals surface area contributed by atoms with Gasteiger partial charge in [-0.25, -0.2) is 0 Å². The van der Waals surface area contributed by atoms with Crippen LogP contribution in [-0.2, 0) is 4.74 Å². The number of likely N-dealkylation sites (N-methyl/N-ethyl adjacent to an activating group) is 1. The van der Waals surface area contributed by atoms with Gasteiger partial charge in [-0.3, -0.25) is 0 Å². The second-order valence-corrected chi connectivity index (χ2v) is 4.12. The lowest BCUT2D eigenvalue weighted by Gasteiger charge is -2.23. The third kappa shape index (κ3) is 6.23. The number of hydrogen-bond acceptors (Lipinski definition) is 2. The zero-order valence-electron chi connectivity index (χ0n) is 8.98. The van der Waals surface area contributed by atoms with Gasteiger partial charge in [-0.05, 0) is 27.7 Å². The summed E-state index contributed by atoms with van der Waals surface area (Å²) in [5.41, 5.74) is 1.04. The zero-order chi connectivity index (χ0) is 9.78. The van der Waals surface area contributed by atoms with Gasteiger partial charge in [0.15, 0.2) is 0 Å². The van der Waals surface area contributed by atoms with Gasteiger partial charge in [0.1, 0.15) is 0 Å². The maximum atomic E-state index is 5.57. The van der Waals surface area contributed by atoms with E-state index in [1.807, 2.05) is 14.0 Å². The molecule has 0 aliphatic rings. The third-order valence-electron chi connectivity index (χ3n) is 1.61. The van der Waals surface area contributed by atoms with Crippen LogP contribution in [0.5, 0.6) is 0 Å². The van der Waals surface area contributed by atoms with Gasteiger partial charge >= 0.3 is 0 Å². The van der Waals surface area contributed by atoms with Crippen LogP contribution in [0.15, 0.2) is 12.3 Å². The summed E-state index contributed by atoms with van der Waals surface area (Å²) in [6, 6.07) is 0. The molecule has 0 atom stereocenters. The van der Waals surface area contributed by atoms with Crippen LogP contribution in [0.2, 0.25) is 0 Å². The van der Waals surface area contributed by atoms with Crippen molar-refractivity contribution >= 4 is 0 Å². The topological polar surface area (TPSA) is 12.5 Å². The fourth-order valence-corrected chi connectivity index (χ4v) is 0.680. The molecule has 0 amide bonds. The fraction of sp³-hybridized carbons (Fsp3) is 0.800. The van der Waals surface area contributed by atoms with Crippen molar-refractivity contribution in [2.24, 2.45) is 0 Å². The molecule has 0 spiro atoms. The Bertz CT molecular complexity index is 146. The van der Waals surface area contributed by atoms with E-state index in [0.717, 1.165) is 18.8 Å². The lowest BCUT2D eigenvalue weighted by atomic mass is 10.2. The summed E-state index contributed by atoms with van der Waals surface area (Å²) in [5, 5.41) is 0. The molecule has 0 heterocycles. The Morgan fingerprint density at radius 1 is 1.42 bits per heavy atom. The van der Waals surface area contributed by atoms with E-state index in [0.29, 0.717) is 0 Å². The van der Waals surface area contributed by atoms with Crippen molar-refractivity contribution in [3.63, 3.8) is 0 Å². The average molecular weight is 171 g/mol. The van der Waals surface area contributed by atoms with Crippen molar-refractivity contribution < 1.29 is 4.74 Å². The summed E-state index contributed by atoms with van der Waals surface area (Å²) in [6.07, 6.45) is 0. The minimum atomic E-state index is -0.0318. The van der Waals surface area contributed by atoms with Gasteiger partial charge in [-0.15, -0.1) is 0 Å². The summed E-state index contributed by atoms with van der Waals surface area (Å²) < 4.78 is 5.57. The molecule has 0 N–H and O–H groups in total. The van der Waals surface area contributed by atoms with Gasteiger partial charge in [0.05, 0.1) is 12.2 Å². The van der Waals surface area contributed by atoms with Gasteiger partial charge in [0.2, 0.25) is 0 Å². The monoisotopic (exact) mass is 171 g/mol. The Morgan fingerprint density at radius 2 is 1.92 bits per heavy atom. The predicted molar refractivity (Wildman–Crippen MR) is 53.1 cm³/mol. The normalized spacial score (nSPS) is 11.4. The smallest absolute Gasteiger partial charge is 0.0648 e. The van der Waals surface area contributed by atoms with Gasteiger partial charge in [-0.2, -0.15) is 0 Å². The highest BCUT2D eigenvalue weighted by molar-refractivity contribution is 4.85. The molecule has 0 aromatic carbocycles. The molecule has 0 aromatic rings. The van der Waals surface area contributed by atoms with E-state index in [4.69, 9.17) is 4.74 Å². The molecule has 2 heteroatoms. The molecule has 0 fully saturated rings. The summed E-state index contributed by atoms with van der Waals surface area (Å²) in [5.74, 6) is 0. The van der Waals surface area contributed by atoms with Crippen LogP contribution in [0.1, 0.15) is 27.7 Å². The number of allylic oxidation sites excluding steroid dienone is 1. The van der Waals surface area contributed by atoms with Gasteiger partial charge in [-0.1, -0.05) is 6.58 Å². The second-order valence-electron chi connectivity index (χ2n) is 4.12. The van der Waals surface area contributed by atoms with Crippen molar-refractivity contribution in [1.82, 2.24) is 4.90 Å². The Morgan fingerprint density at radius 3 is 2.25 bits per heavy atom. The number of nitrogens with zero attached hydrogens (tertiary/aromatic N) is 1. The van der Waals surface area contributed by atoms with Crippen molar-refractivity contribution in [2.75, 3.05) is 20.2 Å². The van der Waals surface area contributed by atoms with E-state index in [9.17, 15) is 0 Å². The lowest BCUT2D eigenvalue weighted by molar-refractivity contribution is -0.00814. The molecule has 0 aliphatic carbocycles. The number of rotatable bonds is 4. The third-order valence-corrected chi connectivity index (χ3v) is 1.61. The molecule has 0 aliphatic heterocycles. The van der Waals surface area contributed by atoms with Crippen LogP contribution >= 0.6 is 0 Å². The highest BCUT2D eigenvalue weighted by Gasteiger charge is 2.09. The molecule has 72 valence electrons. The Kier molecular flexibility index (Phi) is 4.32. The van der Waals surface area contributed by atoms with Crippen LogP contribution < -0.4 is 0 Å². The fourth-order valence-electron chi connectivity index (χ4n) is 0.680. The Hall–Kier alpha value is -0.500. The summed E-state index contributed by atoms with van der Waals surface area (Å²) in [6.45, 7) is 13.7. The first-order chi connectivity index (χ1) is 5.33. The van der Waals surface area contributed by atoms with E-state index >= 15 is 0 Å². The Labute approximate surface area is 76.2 Å². The van der Waals surface area contributed by atoms with Crippen molar-refractivity contribution in [3.8, 4) is 0 Å². The maximum absolute atomic E-state index is 5.57. The van der Waals surface area contributed by atoms with Gasteiger partial charge in [0, 0.05) is 19.3 Å². The second kappa shape index (κ2) is 4.51. The van der Waals surface area contributed by atoms with Crippen LogP contribution in [0.25, 0.3) is 0 Å². The molecule has 12 heavy (non-hydrogen) atoms.